The Bertz CT molecular complexity index is 1170. The lowest BCUT2D eigenvalue weighted by atomic mass is 10.1. The van der Waals surface area contributed by atoms with E-state index in [-0.39, 0.29) is 30.3 Å². The quantitative estimate of drug-likeness (QED) is 0.504. The molecular weight excluding hydrogens is 450 g/mol. The molecule has 1 aromatic heterocycles. The Labute approximate surface area is 212 Å². The van der Waals surface area contributed by atoms with E-state index in [2.05, 4.69) is 15.1 Å². The molecule has 0 bridgehead atoms. The third kappa shape index (κ3) is 5.56. The Morgan fingerprint density at radius 1 is 0.889 bits per heavy atom. The van der Waals surface area contributed by atoms with Crippen molar-refractivity contribution >= 4 is 17.6 Å². The zero-order valence-corrected chi connectivity index (χ0v) is 20.8. The first kappa shape index (κ1) is 24.0. The highest BCUT2D eigenvalue weighted by Gasteiger charge is 2.37. The summed E-state index contributed by atoms with van der Waals surface area (Å²) in [5.41, 5.74) is 2.94. The van der Waals surface area contributed by atoms with E-state index in [1.165, 1.54) is 0 Å². The fourth-order valence-electron chi connectivity index (χ4n) is 4.78. The highest BCUT2D eigenvalue weighted by Crippen LogP contribution is 2.34. The van der Waals surface area contributed by atoms with E-state index in [1.807, 2.05) is 84.6 Å². The fourth-order valence-corrected chi connectivity index (χ4v) is 4.78. The molecule has 2 aliphatic rings. The molecule has 7 nitrogen and oxygen atoms in total. The van der Waals surface area contributed by atoms with Crippen molar-refractivity contribution in [1.82, 2.24) is 20.0 Å². The normalized spacial score (nSPS) is 16.8. The van der Waals surface area contributed by atoms with E-state index in [1.54, 1.807) is 4.90 Å². The molecule has 3 aromatic rings. The van der Waals surface area contributed by atoms with Crippen LogP contribution in [0.25, 0.3) is 11.3 Å². The van der Waals surface area contributed by atoms with Crippen LogP contribution in [0.3, 0.4) is 0 Å². The summed E-state index contributed by atoms with van der Waals surface area (Å²) in [4.78, 5) is 32.4. The largest absolute Gasteiger partial charge is 0.353 e. The van der Waals surface area contributed by atoms with Crippen molar-refractivity contribution in [2.45, 2.75) is 32.2 Å². The van der Waals surface area contributed by atoms with Crippen LogP contribution >= 0.6 is 0 Å². The summed E-state index contributed by atoms with van der Waals surface area (Å²) >= 11 is 0. The van der Waals surface area contributed by atoms with Crippen molar-refractivity contribution in [3.8, 4) is 11.3 Å². The molecule has 1 aliphatic heterocycles. The van der Waals surface area contributed by atoms with Crippen LogP contribution < -0.4 is 4.90 Å². The summed E-state index contributed by atoms with van der Waals surface area (Å²) in [7, 11) is 0. The van der Waals surface area contributed by atoms with E-state index >= 15 is 0 Å². The number of carbonyl (C=O) groups excluding carboxylic acids is 2. The maximum absolute atomic E-state index is 13.4. The van der Waals surface area contributed by atoms with Gasteiger partial charge in [-0.3, -0.25) is 9.59 Å². The van der Waals surface area contributed by atoms with Gasteiger partial charge in [0.1, 0.15) is 6.54 Å². The molecule has 0 radical (unpaired) electrons. The molecule has 0 spiro atoms. The lowest BCUT2D eigenvalue weighted by Crippen LogP contribution is -2.45. The first-order valence-electron chi connectivity index (χ1n) is 12.9. The van der Waals surface area contributed by atoms with Gasteiger partial charge >= 0.3 is 0 Å². The highest BCUT2D eigenvalue weighted by molar-refractivity contribution is 5.87. The van der Waals surface area contributed by atoms with Crippen LogP contribution in [0.15, 0.2) is 72.8 Å². The third-order valence-corrected chi connectivity index (χ3v) is 7.16. The fraction of sp³-hybridized carbons (Fsp3) is 0.379. The van der Waals surface area contributed by atoms with Crippen molar-refractivity contribution < 1.29 is 9.59 Å². The average molecular weight is 484 g/mol. The summed E-state index contributed by atoms with van der Waals surface area (Å²) in [5, 5.41) is 8.89. The summed E-state index contributed by atoms with van der Waals surface area (Å²) < 4.78 is 0. The molecule has 36 heavy (non-hydrogen) atoms. The van der Waals surface area contributed by atoms with E-state index in [0.29, 0.717) is 19.6 Å². The van der Waals surface area contributed by atoms with Gasteiger partial charge in [-0.1, -0.05) is 60.7 Å². The minimum Gasteiger partial charge on any atom is -0.353 e. The average Bonchev–Trinajstić information content (AvgIpc) is 3.80. The van der Waals surface area contributed by atoms with Crippen molar-refractivity contribution in [1.29, 1.82) is 0 Å². The van der Waals surface area contributed by atoms with Gasteiger partial charge in [-0.2, -0.15) is 0 Å². The van der Waals surface area contributed by atoms with Crippen LogP contribution in [0.2, 0.25) is 0 Å². The standard InChI is InChI=1S/C29H33N5O2/c1-22(23-9-4-2-5-10-23)34(29(36)25-13-14-25)21-28(35)33-18-8-17-32(19-20-33)27-16-15-26(30-31-27)24-11-6-3-7-12-24/h2-7,9-12,15-16,22,25H,8,13-14,17-21H2,1H3. The Balaban J connectivity index is 1.22. The number of aromatic nitrogens is 2. The molecule has 1 unspecified atom stereocenters. The SMILES string of the molecule is CC(c1ccccc1)N(CC(=O)N1CCCN(c2ccc(-c3ccccc3)nn2)CC1)C(=O)C1CC1. The monoisotopic (exact) mass is 483 g/mol. The number of benzene rings is 2. The maximum atomic E-state index is 13.4. The second kappa shape index (κ2) is 10.9. The molecular formula is C29H33N5O2. The van der Waals surface area contributed by atoms with Gasteiger partial charge in [0.2, 0.25) is 11.8 Å². The molecule has 1 atom stereocenters. The van der Waals surface area contributed by atoms with Crippen LogP contribution in [0, 0.1) is 5.92 Å². The Kier molecular flexibility index (Phi) is 7.26. The Morgan fingerprint density at radius 2 is 1.61 bits per heavy atom. The number of carbonyl (C=O) groups is 2. The smallest absolute Gasteiger partial charge is 0.242 e. The molecule has 2 aromatic carbocycles. The van der Waals surface area contributed by atoms with Gasteiger partial charge in [-0.15, -0.1) is 10.2 Å². The lowest BCUT2D eigenvalue weighted by Gasteiger charge is -2.32. The molecule has 7 heteroatoms. The molecule has 186 valence electrons. The highest BCUT2D eigenvalue weighted by atomic mass is 16.2. The third-order valence-electron chi connectivity index (χ3n) is 7.16. The number of amides is 2. The minimum absolute atomic E-state index is 0.0131. The first-order valence-corrected chi connectivity index (χ1v) is 12.9. The predicted molar refractivity (Wildman–Crippen MR) is 140 cm³/mol. The number of nitrogens with zero attached hydrogens (tertiary/aromatic N) is 5. The summed E-state index contributed by atoms with van der Waals surface area (Å²) in [6.45, 7) is 4.92. The number of anilines is 1. The molecule has 0 N–H and O–H groups in total. The van der Waals surface area contributed by atoms with Crippen molar-refractivity contribution in [2.24, 2.45) is 5.92 Å². The van der Waals surface area contributed by atoms with E-state index < -0.39 is 0 Å². The molecule has 2 amide bonds. The second-order valence-corrected chi connectivity index (χ2v) is 9.69. The van der Waals surface area contributed by atoms with Crippen LogP contribution in [-0.4, -0.2) is 64.5 Å². The Morgan fingerprint density at radius 3 is 2.28 bits per heavy atom. The minimum atomic E-state index is -0.134. The number of hydrogen-bond donors (Lipinski definition) is 0. The van der Waals surface area contributed by atoms with Gasteiger partial charge in [0.05, 0.1) is 11.7 Å². The van der Waals surface area contributed by atoms with E-state index in [4.69, 9.17) is 0 Å². The van der Waals surface area contributed by atoms with E-state index in [0.717, 1.165) is 48.4 Å². The zero-order chi connectivity index (χ0) is 24.9. The molecule has 1 saturated carbocycles. The lowest BCUT2D eigenvalue weighted by molar-refractivity contribution is -0.143. The molecule has 5 rings (SSSR count). The molecule has 2 fully saturated rings. The van der Waals surface area contributed by atoms with E-state index in [9.17, 15) is 9.59 Å². The van der Waals surface area contributed by atoms with Crippen LogP contribution in [0.1, 0.15) is 37.8 Å². The summed E-state index contributed by atoms with van der Waals surface area (Å²) in [5.74, 6) is 1.01. The van der Waals surface area contributed by atoms with Crippen LogP contribution in [-0.2, 0) is 9.59 Å². The summed E-state index contributed by atoms with van der Waals surface area (Å²) in [6, 6.07) is 23.9. The molecule has 2 heterocycles. The second-order valence-electron chi connectivity index (χ2n) is 9.69. The van der Waals surface area contributed by atoms with Crippen molar-refractivity contribution in [3.63, 3.8) is 0 Å². The van der Waals surface area contributed by atoms with Gasteiger partial charge in [-0.25, -0.2) is 0 Å². The van der Waals surface area contributed by atoms with Crippen LogP contribution in [0.5, 0.6) is 0 Å². The maximum Gasteiger partial charge on any atom is 0.242 e. The number of rotatable bonds is 7. The topological polar surface area (TPSA) is 69.6 Å². The van der Waals surface area contributed by atoms with Crippen LogP contribution in [0.4, 0.5) is 5.82 Å². The van der Waals surface area contributed by atoms with Gasteiger partial charge in [0.25, 0.3) is 0 Å². The van der Waals surface area contributed by atoms with Gasteiger partial charge in [-0.05, 0) is 43.9 Å². The Hall–Kier alpha value is -3.74. The van der Waals surface area contributed by atoms with Crippen molar-refractivity contribution in [2.75, 3.05) is 37.6 Å². The van der Waals surface area contributed by atoms with Crippen molar-refractivity contribution in [3.05, 3.63) is 78.4 Å². The number of hydrogen-bond acceptors (Lipinski definition) is 5. The van der Waals surface area contributed by atoms with Gasteiger partial charge in [0.15, 0.2) is 5.82 Å². The zero-order valence-electron chi connectivity index (χ0n) is 20.8. The van der Waals surface area contributed by atoms with Gasteiger partial charge < -0.3 is 14.7 Å². The predicted octanol–water partition coefficient (Wildman–Crippen LogP) is 4.18. The molecule has 1 aliphatic carbocycles. The first-order chi connectivity index (χ1) is 17.6. The van der Waals surface area contributed by atoms with Gasteiger partial charge in [0, 0.05) is 37.7 Å². The summed E-state index contributed by atoms with van der Waals surface area (Å²) in [6.07, 6.45) is 2.69. The molecule has 1 saturated heterocycles.